The molecule has 130 valence electrons. The summed E-state index contributed by atoms with van der Waals surface area (Å²) in [4.78, 5) is 18.8. The van der Waals surface area contributed by atoms with Crippen molar-refractivity contribution in [1.29, 1.82) is 0 Å². The second-order valence-corrected chi connectivity index (χ2v) is 7.49. The molecule has 0 amide bonds. The van der Waals surface area contributed by atoms with Crippen molar-refractivity contribution < 1.29 is 14.4 Å². The lowest BCUT2D eigenvalue weighted by Gasteiger charge is -2.15. The molecule has 0 spiro atoms. The van der Waals surface area contributed by atoms with Crippen LogP contribution in [0.1, 0.15) is 17.4 Å². The number of hydrogen-bond donors (Lipinski definition) is 4. The summed E-state index contributed by atoms with van der Waals surface area (Å²) in [5, 5.41) is 13.8. The average molecular weight is 360 g/mol. The molecule has 1 aromatic heterocycles. The summed E-state index contributed by atoms with van der Waals surface area (Å²) in [6.07, 6.45) is 0.495. The van der Waals surface area contributed by atoms with Gasteiger partial charge in [-0.3, -0.25) is 0 Å². The minimum Gasteiger partial charge on any atom is -0.192 e. The van der Waals surface area contributed by atoms with Crippen LogP contribution in [0.2, 0.25) is 0 Å². The number of benzene rings is 2. The molecule has 0 aliphatic heterocycles. The molecule has 4 N–H and O–H groups in total. The highest BCUT2D eigenvalue weighted by Crippen LogP contribution is 2.45. The number of aromatic amines is 1. The number of rotatable bonds is 7. The number of H-pyrrole nitrogens is 1. The van der Waals surface area contributed by atoms with E-state index in [9.17, 15) is 9.79 Å². The quantitative estimate of drug-likeness (QED) is 0.376. The van der Waals surface area contributed by atoms with Crippen LogP contribution in [0, 0.1) is 0 Å². The molecule has 3 aromatic rings. The molecule has 1 heterocycles. The minimum atomic E-state index is -3.42. The van der Waals surface area contributed by atoms with Gasteiger partial charge in [0.2, 0.25) is 0 Å². The summed E-state index contributed by atoms with van der Waals surface area (Å²) < 4.78 is 4.93. The molecule has 0 bridgehead atoms. The molecule has 9 heteroatoms. The molecule has 25 heavy (non-hydrogen) atoms. The first kappa shape index (κ1) is 17.6. The molecule has 1 atom stereocenters. The third kappa shape index (κ3) is 5.12. The van der Waals surface area contributed by atoms with Gasteiger partial charge in [0.1, 0.15) is 12.7 Å². The standard InChI is InChI=1S/C16H19N5O3P/c1-25(22,23)24-19-15(16-17-20-21-18-16)11-12-7-9-14(10-8-12)13-5-3-2-4-6-13/h2-10,15,19,22-23H,11H2,1H3,(H,17,18,20,21)/q+1/t15-/m0/s1. The maximum Gasteiger partial charge on any atom is 0.425 e. The van der Waals surface area contributed by atoms with Crippen LogP contribution < -0.4 is 5.48 Å². The van der Waals surface area contributed by atoms with E-state index in [2.05, 4.69) is 38.2 Å². The Hall–Kier alpha value is -2.22. The van der Waals surface area contributed by atoms with E-state index in [-0.39, 0.29) is 0 Å². The Morgan fingerprint density at radius 1 is 1.08 bits per heavy atom. The number of aromatic nitrogens is 4. The van der Waals surface area contributed by atoms with Gasteiger partial charge in [0.15, 0.2) is 5.82 Å². The summed E-state index contributed by atoms with van der Waals surface area (Å²) in [6, 6.07) is 17.7. The maximum absolute atomic E-state index is 9.41. The van der Waals surface area contributed by atoms with Crippen LogP contribution in [0.25, 0.3) is 11.1 Å². The lowest BCUT2D eigenvalue weighted by atomic mass is 10.0. The third-order valence-electron chi connectivity index (χ3n) is 3.54. The normalized spacial score (nSPS) is 12.9. The zero-order valence-corrected chi connectivity index (χ0v) is 14.5. The molecule has 0 aliphatic rings. The fraction of sp³-hybridized carbons (Fsp3) is 0.188. The lowest BCUT2D eigenvalue weighted by Crippen LogP contribution is -2.25. The summed E-state index contributed by atoms with van der Waals surface area (Å²) in [5.74, 6) is 0.376. The van der Waals surface area contributed by atoms with Crippen LogP contribution in [-0.2, 0) is 11.0 Å². The predicted octanol–water partition coefficient (Wildman–Crippen LogP) is 2.05. The predicted molar refractivity (Wildman–Crippen MR) is 94.0 cm³/mol. The molecule has 0 unspecified atom stereocenters. The van der Waals surface area contributed by atoms with Crippen molar-refractivity contribution in [3.8, 4) is 11.1 Å². The van der Waals surface area contributed by atoms with Crippen molar-refractivity contribution in [2.75, 3.05) is 6.66 Å². The highest BCUT2D eigenvalue weighted by molar-refractivity contribution is 7.58. The van der Waals surface area contributed by atoms with Crippen LogP contribution in [0.5, 0.6) is 0 Å². The number of nitrogens with one attached hydrogen (secondary N) is 2. The fourth-order valence-corrected chi connectivity index (χ4v) is 2.69. The van der Waals surface area contributed by atoms with E-state index in [1.807, 2.05) is 42.5 Å². The van der Waals surface area contributed by atoms with Crippen molar-refractivity contribution in [3.05, 3.63) is 66.0 Å². The molecular formula is C16H19N5O3P+. The summed E-state index contributed by atoms with van der Waals surface area (Å²) >= 11 is 0. The van der Waals surface area contributed by atoms with Gasteiger partial charge < -0.3 is 0 Å². The maximum atomic E-state index is 9.41. The minimum absolute atomic E-state index is 0.376. The first-order chi connectivity index (χ1) is 12.0. The molecule has 0 saturated heterocycles. The highest BCUT2D eigenvalue weighted by atomic mass is 31.2. The van der Waals surface area contributed by atoms with E-state index >= 15 is 0 Å². The molecule has 0 saturated carbocycles. The van der Waals surface area contributed by atoms with E-state index in [0.29, 0.717) is 12.2 Å². The Labute approximate surface area is 145 Å². The summed E-state index contributed by atoms with van der Waals surface area (Å²) in [7, 11) is -3.42. The van der Waals surface area contributed by atoms with Gasteiger partial charge in [-0.05, 0) is 23.1 Å². The zero-order chi connectivity index (χ0) is 17.7. The Balaban J connectivity index is 1.73. The van der Waals surface area contributed by atoms with Crippen LogP contribution >= 0.6 is 7.94 Å². The number of hydrogen-bond acceptors (Lipinski definition) is 7. The average Bonchev–Trinajstić information content (AvgIpc) is 3.14. The first-order valence-corrected chi connectivity index (χ1v) is 9.71. The molecule has 8 nitrogen and oxygen atoms in total. The van der Waals surface area contributed by atoms with E-state index in [1.54, 1.807) is 0 Å². The Kier molecular flexibility index (Phi) is 5.47. The van der Waals surface area contributed by atoms with Gasteiger partial charge in [0, 0.05) is 0 Å². The molecule has 0 aliphatic carbocycles. The number of nitrogens with zero attached hydrogens (tertiary/aromatic N) is 3. The van der Waals surface area contributed by atoms with Crippen molar-refractivity contribution >= 4 is 7.94 Å². The molecule has 0 radical (unpaired) electrons. The molecule has 3 rings (SSSR count). The van der Waals surface area contributed by atoms with Crippen LogP contribution in [0.3, 0.4) is 0 Å². The molecular weight excluding hydrogens is 341 g/mol. The zero-order valence-electron chi connectivity index (χ0n) is 13.6. The van der Waals surface area contributed by atoms with E-state index < -0.39 is 14.0 Å². The van der Waals surface area contributed by atoms with E-state index in [1.165, 1.54) is 6.66 Å². The van der Waals surface area contributed by atoms with Crippen molar-refractivity contribution in [2.45, 2.75) is 12.5 Å². The Bertz CT molecular complexity index is 776. The first-order valence-electron chi connectivity index (χ1n) is 7.65. The Morgan fingerprint density at radius 2 is 1.76 bits per heavy atom. The van der Waals surface area contributed by atoms with Gasteiger partial charge >= 0.3 is 7.94 Å². The topological polar surface area (TPSA) is 116 Å². The van der Waals surface area contributed by atoms with Crippen LogP contribution in [0.15, 0.2) is 54.6 Å². The molecule has 2 aromatic carbocycles. The van der Waals surface area contributed by atoms with Crippen LogP contribution in [-0.4, -0.2) is 37.1 Å². The van der Waals surface area contributed by atoms with E-state index in [0.717, 1.165) is 16.7 Å². The summed E-state index contributed by atoms with van der Waals surface area (Å²) in [6.45, 7) is 1.21. The fourth-order valence-electron chi connectivity index (χ4n) is 2.37. The second kappa shape index (κ2) is 7.77. The second-order valence-electron chi connectivity index (χ2n) is 5.63. The highest BCUT2D eigenvalue weighted by Gasteiger charge is 2.31. The number of tetrazole rings is 1. The van der Waals surface area contributed by atoms with Crippen molar-refractivity contribution in [1.82, 2.24) is 26.1 Å². The summed E-state index contributed by atoms with van der Waals surface area (Å²) in [5.41, 5.74) is 5.90. The van der Waals surface area contributed by atoms with Crippen molar-refractivity contribution in [3.63, 3.8) is 0 Å². The Morgan fingerprint density at radius 3 is 2.36 bits per heavy atom. The van der Waals surface area contributed by atoms with Crippen molar-refractivity contribution in [2.24, 2.45) is 0 Å². The SMILES string of the molecule is C[P+](O)(O)ON[C@@H](Cc1ccc(-c2ccccc2)cc1)c1nn[nH]n1. The number of hydroxylamine groups is 1. The molecule has 0 fully saturated rings. The smallest absolute Gasteiger partial charge is 0.192 e. The largest absolute Gasteiger partial charge is 0.425 e. The lowest BCUT2D eigenvalue weighted by molar-refractivity contribution is 0.114. The van der Waals surface area contributed by atoms with Crippen LogP contribution in [0.4, 0.5) is 0 Å². The van der Waals surface area contributed by atoms with Gasteiger partial charge in [-0.1, -0.05) is 64.4 Å². The van der Waals surface area contributed by atoms with Gasteiger partial charge in [-0.25, -0.2) is 0 Å². The van der Waals surface area contributed by atoms with Gasteiger partial charge in [0.25, 0.3) is 0 Å². The van der Waals surface area contributed by atoms with E-state index in [4.69, 9.17) is 4.62 Å². The third-order valence-corrected chi connectivity index (χ3v) is 3.99. The monoisotopic (exact) mass is 360 g/mol. The van der Waals surface area contributed by atoms with Gasteiger partial charge in [-0.2, -0.15) is 15.0 Å². The van der Waals surface area contributed by atoms with Gasteiger partial charge in [-0.15, -0.1) is 15.7 Å². The van der Waals surface area contributed by atoms with Gasteiger partial charge in [0.05, 0.1) is 0 Å².